The Morgan fingerprint density at radius 3 is 2.48 bits per heavy atom. The van der Waals surface area contributed by atoms with Crippen molar-refractivity contribution in [3.63, 3.8) is 0 Å². The van der Waals surface area contributed by atoms with Gasteiger partial charge < -0.3 is 9.09 Å². The number of rotatable bonds is 4. The fourth-order valence-corrected chi connectivity index (χ4v) is 4.60. The van der Waals surface area contributed by atoms with E-state index in [1.807, 2.05) is 90.6 Å². The smallest absolute Gasteiger partial charge is 0.346 e. The van der Waals surface area contributed by atoms with E-state index in [1.165, 1.54) is 0 Å². The fraction of sp³-hybridized carbons (Fsp3) is 0.192. The average molecular weight is 442 g/mol. The second kappa shape index (κ2) is 8.52. The van der Waals surface area contributed by atoms with Crippen molar-refractivity contribution in [1.82, 2.24) is 9.72 Å². The average Bonchev–Trinajstić information content (AvgIpc) is 3.61. The van der Waals surface area contributed by atoms with E-state index in [-0.39, 0.29) is 28.2 Å². The Morgan fingerprint density at radius 2 is 1.76 bits per heavy atom. The van der Waals surface area contributed by atoms with Crippen LogP contribution >= 0.6 is 0 Å². The molecular formula is C26H25N4O3+. The van der Waals surface area contributed by atoms with Crippen LogP contribution in [0.1, 0.15) is 30.3 Å². The number of nitrogens with one attached hydrogen (secondary N) is 1. The minimum atomic E-state index is -0.370. The summed E-state index contributed by atoms with van der Waals surface area (Å²) in [4.78, 5) is 27.5. The SMILES string of the molecule is C[C@@H]1CCC[N+]1(C(=O)Nc1ccccc1-n1cccc1)C(=O)c1cc(-c2ccccc2)no1. The first-order valence-electron chi connectivity index (χ1n) is 11.1. The van der Waals surface area contributed by atoms with Crippen LogP contribution in [0.2, 0.25) is 0 Å². The summed E-state index contributed by atoms with van der Waals surface area (Å²) in [6, 6.07) is 22.0. The molecule has 1 aliphatic rings. The quantitative estimate of drug-likeness (QED) is 0.424. The minimum absolute atomic E-state index is 0.0939. The number of likely N-dealkylation sites (tertiary alicyclic amines) is 1. The van der Waals surface area contributed by atoms with Gasteiger partial charge in [0.15, 0.2) is 0 Å². The van der Waals surface area contributed by atoms with Crippen molar-refractivity contribution in [2.24, 2.45) is 0 Å². The van der Waals surface area contributed by atoms with Gasteiger partial charge in [-0.2, -0.15) is 4.48 Å². The molecule has 0 spiro atoms. The van der Waals surface area contributed by atoms with Crippen molar-refractivity contribution in [3.05, 3.63) is 91.0 Å². The van der Waals surface area contributed by atoms with Crippen molar-refractivity contribution in [3.8, 4) is 16.9 Å². The highest BCUT2D eigenvalue weighted by Crippen LogP contribution is 2.33. The largest absolute Gasteiger partial charge is 0.429 e. The number of urea groups is 1. The number of para-hydroxylation sites is 2. The molecule has 0 aliphatic carbocycles. The molecule has 3 heterocycles. The number of nitrogens with zero attached hydrogens (tertiary/aromatic N) is 3. The van der Waals surface area contributed by atoms with Crippen LogP contribution in [0.4, 0.5) is 10.5 Å². The molecule has 2 atom stereocenters. The molecule has 1 saturated heterocycles. The maximum absolute atomic E-state index is 13.7. The summed E-state index contributed by atoms with van der Waals surface area (Å²) >= 11 is 0. The molecule has 1 fully saturated rings. The lowest BCUT2D eigenvalue weighted by Gasteiger charge is -2.32. The number of carbonyl (C=O) groups excluding carboxylic acids is 2. The Hall–Kier alpha value is -3.97. The molecule has 2 aromatic carbocycles. The number of aromatic nitrogens is 2. The number of anilines is 1. The number of hydrogen-bond donors (Lipinski definition) is 1. The van der Waals surface area contributed by atoms with Crippen molar-refractivity contribution < 1.29 is 18.6 Å². The van der Waals surface area contributed by atoms with Crippen molar-refractivity contribution in [2.45, 2.75) is 25.8 Å². The Kier molecular flexibility index (Phi) is 5.40. The third-order valence-electron chi connectivity index (χ3n) is 6.43. The Balaban J connectivity index is 1.48. The molecule has 1 N–H and O–H groups in total. The van der Waals surface area contributed by atoms with Gasteiger partial charge in [-0.15, -0.1) is 0 Å². The molecule has 0 bridgehead atoms. The summed E-state index contributed by atoms with van der Waals surface area (Å²) in [5.74, 6) is -0.276. The van der Waals surface area contributed by atoms with E-state index in [1.54, 1.807) is 6.07 Å². The van der Waals surface area contributed by atoms with Gasteiger partial charge in [-0.25, -0.2) is 9.59 Å². The summed E-state index contributed by atoms with van der Waals surface area (Å²) in [6.45, 7) is 2.36. The van der Waals surface area contributed by atoms with Crippen molar-refractivity contribution in [1.29, 1.82) is 0 Å². The van der Waals surface area contributed by atoms with Crippen LogP contribution in [-0.2, 0) is 0 Å². The maximum atomic E-state index is 13.7. The molecule has 0 saturated carbocycles. The van der Waals surface area contributed by atoms with Gasteiger partial charge in [0.05, 0.1) is 17.9 Å². The van der Waals surface area contributed by atoms with Crippen LogP contribution in [0.15, 0.2) is 89.7 Å². The Bertz CT molecular complexity index is 1280. The lowest BCUT2D eigenvalue weighted by Crippen LogP contribution is -2.60. The first kappa shape index (κ1) is 20.9. The molecule has 7 heteroatoms. The third-order valence-corrected chi connectivity index (χ3v) is 6.43. The maximum Gasteiger partial charge on any atom is 0.429 e. The van der Waals surface area contributed by atoms with Crippen LogP contribution in [0.5, 0.6) is 0 Å². The normalized spacial score (nSPS) is 20.0. The molecule has 0 radical (unpaired) electrons. The molecule has 1 unspecified atom stereocenters. The van der Waals surface area contributed by atoms with Gasteiger partial charge in [0.1, 0.15) is 11.7 Å². The van der Waals surface area contributed by atoms with E-state index in [0.29, 0.717) is 17.9 Å². The van der Waals surface area contributed by atoms with E-state index < -0.39 is 0 Å². The zero-order valence-corrected chi connectivity index (χ0v) is 18.3. The molecule has 2 aromatic heterocycles. The third kappa shape index (κ3) is 3.66. The van der Waals surface area contributed by atoms with Crippen LogP contribution < -0.4 is 5.32 Å². The highest BCUT2D eigenvalue weighted by Gasteiger charge is 2.54. The van der Waals surface area contributed by atoms with Crippen molar-refractivity contribution >= 4 is 17.6 Å². The van der Waals surface area contributed by atoms with Crippen LogP contribution in [0.25, 0.3) is 16.9 Å². The van der Waals surface area contributed by atoms with Crippen LogP contribution in [-0.4, -0.2) is 38.7 Å². The predicted octanol–water partition coefficient (Wildman–Crippen LogP) is 5.50. The van der Waals surface area contributed by atoms with Gasteiger partial charge in [-0.05, 0) is 31.2 Å². The lowest BCUT2D eigenvalue weighted by atomic mass is 10.1. The monoisotopic (exact) mass is 441 g/mol. The van der Waals surface area contributed by atoms with Gasteiger partial charge in [-0.1, -0.05) is 47.6 Å². The fourth-order valence-electron chi connectivity index (χ4n) is 4.60. The first-order valence-corrected chi connectivity index (χ1v) is 11.1. The number of carbonyl (C=O) groups is 2. The number of benzene rings is 2. The van der Waals surface area contributed by atoms with E-state index in [4.69, 9.17) is 4.52 Å². The summed E-state index contributed by atoms with van der Waals surface area (Å²) in [5.41, 5.74) is 2.90. The summed E-state index contributed by atoms with van der Waals surface area (Å²) < 4.78 is 7.03. The first-order chi connectivity index (χ1) is 16.1. The zero-order valence-electron chi connectivity index (χ0n) is 18.3. The summed E-state index contributed by atoms with van der Waals surface area (Å²) in [5, 5.41) is 7.12. The number of hydrogen-bond acceptors (Lipinski definition) is 4. The second-order valence-electron chi connectivity index (χ2n) is 8.37. The topological polar surface area (TPSA) is 77.1 Å². The van der Waals surface area contributed by atoms with E-state index in [9.17, 15) is 9.59 Å². The molecule has 166 valence electrons. The highest BCUT2D eigenvalue weighted by molar-refractivity contribution is 5.99. The second-order valence-corrected chi connectivity index (χ2v) is 8.37. The molecule has 3 amide bonds. The zero-order chi connectivity index (χ0) is 22.8. The lowest BCUT2D eigenvalue weighted by molar-refractivity contribution is -0.776. The number of imide groups is 1. The number of quaternary nitrogens is 1. The highest BCUT2D eigenvalue weighted by atomic mass is 16.5. The molecular weight excluding hydrogens is 416 g/mol. The Morgan fingerprint density at radius 1 is 1.03 bits per heavy atom. The van der Waals surface area contributed by atoms with E-state index in [0.717, 1.165) is 24.1 Å². The molecule has 33 heavy (non-hydrogen) atoms. The molecule has 1 aliphatic heterocycles. The van der Waals surface area contributed by atoms with Crippen molar-refractivity contribution in [2.75, 3.05) is 11.9 Å². The van der Waals surface area contributed by atoms with E-state index in [2.05, 4.69) is 10.5 Å². The predicted molar refractivity (Wildman–Crippen MR) is 125 cm³/mol. The summed E-state index contributed by atoms with van der Waals surface area (Å²) in [7, 11) is 0. The van der Waals surface area contributed by atoms with Gasteiger partial charge >= 0.3 is 11.9 Å². The van der Waals surface area contributed by atoms with E-state index >= 15 is 0 Å². The Labute approximate surface area is 191 Å². The van der Waals surface area contributed by atoms with Gasteiger partial charge in [0.25, 0.3) is 5.76 Å². The van der Waals surface area contributed by atoms with Crippen LogP contribution in [0, 0.1) is 0 Å². The molecule has 7 nitrogen and oxygen atoms in total. The minimum Gasteiger partial charge on any atom is -0.346 e. The summed E-state index contributed by atoms with van der Waals surface area (Å²) in [6.07, 6.45) is 5.38. The number of amides is 3. The van der Waals surface area contributed by atoms with Crippen LogP contribution in [0.3, 0.4) is 0 Å². The standard InChI is InChI=1S/C26H24N4O3/c1-19-10-9-17-30(19,25(31)24-18-22(28-33-24)20-11-3-2-4-12-20)26(32)27-21-13-5-6-14-23(21)29-15-7-8-16-29/h2-8,11-16,18-19H,9-10,17H2,1H3/p+1/t19-,30?/m1/s1. The van der Waals surface area contributed by atoms with Gasteiger partial charge in [-0.3, -0.25) is 5.32 Å². The van der Waals surface area contributed by atoms with Gasteiger partial charge in [0, 0.05) is 36.9 Å². The van der Waals surface area contributed by atoms with Gasteiger partial charge in [0.2, 0.25) is 0 Å². The molecule has 4 aromatic rings. The molecule has 5 rings (SSSR count).